The maximum absolute atomic E-state index is 5.72. The lowest BCUT2D eigenvalue weighted by Gasteiger charge is -2.24. The molecule has 2 rings (SSSR count). The molecule has 2 N–H and O–H groups in total. The van der Waals surface area contributed by atoms with Crippen molar-refractivity contribution >= 4 is 11.0 Å². The predicted octanol–water partition coefficient (Wildman–Crippen LogP) is 3.59. The van der Waals surface area contributed by atoms with Gasteiger partial charge in [-0.05, 0) is 44.9 Å². The minimum atomic E-state index is 0.0576. The summed E-state index contributed by atoms with van der Waals surface area (Å²) in [6, 6.07) is 6.38. The molecule has 0 unspecified atom stereocenters. The first kappa shape index (κ1) is 14.1. The lowest BCUT2D eigenvalue weighted by Crippen LogP contribution is -2.24. The van der Waals surface area contributed by atoms with Crippen molar-refractivity contribution in [2.75, 3.05) is 0 Å². The second kappa shape index (κ2) is 5.33. The number of hydrogen-bond donors (Lipinski definition) is 1. The third-order valence-corrected chi connectivity index (χ3v) is 3.45. The Hall–Kier alpha value is -1.35. The Labute approximate surface area is 115 Å². The van der Waals surface area contributed by atoms with E-state index in [0.717, 1.165) is 17.5 Å². The molecule has 0 aliphatic carbocycles. The maximum atomic E-state index is 5.72. The molecule has 3 nitrogen and oxygen atoms in total. The third kappa shape index (κ3) is 2.81. The van der Waals surface area contributed by atoms with E-state index in [1.54, 1.807) is 0 Å². The van der Waals surface area contributed by atoms with Gasteiger partial charge in [0.2, 0.25) is 0 Å². The molecule has 0 aliphatic heterocycles. The van der Waals surface area contributed by atoms with E-state index in [-0.39, 0.29) is 5.54 Å². The monoisotopic (exact) mass is 259 g/mol. The van der Waals surface area contributed by atoms with E-state index in [0.29, 0.717) is 6.54 Å². The summed E-state index contributed by atoms with van der Waals surface area (Å²) in [6.45, 7) is 9.50. The summed E-state index contributed by atoms with van der Waals surface area (Å²) in [5.41, 5.74) is 9.21. The Kier molecular flexibility index (Phi) is 3.95. The highest BCUT2D eigenvalue weighted by molar-refractivity contribution is 5.77. The second-order valence-corrected chi connectivity index (χ2v) is 6.17. The van der Waals surface area contributed by atoms with Crippen LogP contribution in [0.4, 0.5) is 0 Å². The number of rotatable bonds is 4. The SMILES string of the molecule is CCCCc1nc2cc(CN)ccc2n1C(C)(C)C. The Morgan fingerprint density at radius 1 is 1.26 bits per heavy atom. The van der Waals surface area contributed by atoms with E-state index in [1.807, 2.05) is 0 Å². The molecule has 0 atom stereocenters. The van der Waals surface area contributed by atoms with Crippen LogP contribution in [-0.4, -0.2) is 9.55 Å². The zero-order valence-electron chi connectivity index (χ0n) is 12.5. The maximum Gasteiger partial charge on any atom is 0.110 e. The van der Waals surface area contributed by atoms with Gasteiger partial charge in [0.25, 0.3) is 0 Å². The number of benzene rings is 1. The summed E-state index contributed by atoms with van der Waals surface area (Å²) in [5, 5.41) is 0. The summed E-state index contributed by atoms with van der Waals surface area (Å²) in [7, 11) is 0. The van der Waals surface area contributed by atoms with Crippen molar-refractivity contribution in [3.63, 3.8) is 0 Å². The van der Waals surface area contributed by atoms with Gasteiger partial charge in [-0.15, -0.1) is 0 Å². The molecular weight excluding hydrogens is 234 g/mol. The molecule has 2 aromatic rings. The van der Waals surface area contributed by atoms with Crippen LogP contribution in [0.25, 0.3) is 11.0 Å². The van der Waals surface area contributed by atoms with Gasteiger partial charge in [0.05, 0.1) is 11.0 Å². The first-order valence-electron chi connectivity index (χ1n) is 7.18. The molecule has 0 amide bonds. The van der Waals surface area contributed by atoms with Crippen LogP contribution in [0.1, 0.15) is 51.9 Å². The van der Waals surface area contributed by atoms with Crippen LogP contribution in [0.5, 0.6) is 0 Å². The molecule has 1 heterocycles. The lowest BCUT2D eigenvalue weighted by atomic mass is 10.1. The standard InChI is InChI=1S/C16H25N3/c1-5-6-7-15-18-13-10-12(11-17)8-9-14(13)19(15)16(2,3)4/h8-10H,5-7,11,17H2,1-4H3. The molecule has 3 heteroatoms. The Morgan fingerprint density at radius 3 is 2.58 bits per heavy atom. The topological polar surface area (TPSA) is 43.8 Å². The van der Waals surface area contributed by atoms with Crippen LogP contribution in [0.3, 0.4) is 0 Å². The number of nitrogens with two attached hydrogens (primary N) is 1. The van der Waals surface area contributed by atoms with Gasteiger partial charge in [-0.2, -0.15) is 0 Å². The molecule has 0 fully saturated rings. The van der Waals surface area contributed by atoms with Crippen LogP contribution in [0, 0.1) is 0 Å². The average Bonchev–Trinajstić information content (AvgIpc) is 2.72. The van der Waals surface area contributed by atoms with Gasteiger partial charge < -0.3 is 10.3 Å². The van der Waals surface area contributed by atoms with Gasteiger partial charge in [-0.25, -0.2) is 4.98 Å². The minimum Gasteiger partial charge on any atom is -0.326 e. The predicted molar refractivity (Wildman–Crippen MR) is 81.2 cm³/mol. The van der Waals surface area contributed by atoms with Crippen LogP contribution in [0.15, 0.2) is 18.2 Å². The molecule has 0 bridgehead atoms. The van der Waals surface area contributed by atoms with Crippen molar-refractivity contribution in [3.05, 3.63) is 29.6 Å². The molecule has 0 radical (unpaired) electrons. The number of aryl methyl sites for hydroxylation is 1. The van der Waals surface area contributed by atoms with E-state index in [2.05, 4.69) is 50.5 Å². The highest BCUT2D eigenvalue weighted by Gasteiger charge is 2.21. The van der Waals surface area contributed by atoms with Crippen LogP contribution in [-0.2, 0) is 18.5 Å². The Bertz CT molecular complexity index is 561. The second-order valence-electron chi connectivity index (χ2n) is 6.17. The fraction of sp³-hybridized carbons (Fsp3) is 0.562. The van der Waals surface area contributed by atoms with Gasteiger partial charge in [-0.3, -0.25) is 0 Å². The minimum absolute atomic E-state index is 0.0576. The zero-order chi connectivity index (χ0) is 14.0. The summed E-state index contributed by atoms with van der Waals surface area (Å²) in [4.78, 5) is 4.83. The van der Waals surface area contributed by atoms with Crippen molar-refractivity contribution in [2.24, 2.45) is 5.73 Å². The van der Waals surface area contributed by atoms with Gasteiger partial charge in [-0.1, -0.05) is 19.4 Å². The quantitative estimate of drug-likeness (QED) is 0.911. The first-order chi connectivity index (χ1) is 8.97. The molecule has 0 saturated heterocycles. The van der Waals surface area contributed by atoms with Crippen molar-refractivity contribution < 1.29 is 0 Å². The molecule has 1 aromatic carbocycles. The third-order valence-electron chi connectivity index (χ3n) is 3.45. The van der Waals surface area contributed by atoms with Crippen molar-refractivity contribution in [1.82, 2.24) is 9.55 Å². The average molecular weight is 259 g/mol. The van der Waals surface area contributed by atoms with Crippen molar-refractivity contribution in [1.29, 1.82) is 0 Å². The molecule has 0 saturated carbocycles. The molecule has 0 aliphatic rings. The molecule has 104 valence electrons. The number of unbranched alkanes of at least 4 members (excludes halogenated alkanes) is 1. The van der Waals surface area contributed by atoms with E-state index >= 15 is 0 Å². The molecule has 19 heavy (non-hydrogen) atoms. The highest BCUT2D eigenvalue weighted by Crippen LogP contribution is 2.26. The molecular formula is C16H25N3. The Balaban J connectivity index is 2.59. The van der Waals surface area contributed by atoms with Gasteiger partial charge in [0, 0.05) is 18.5 Å². The largest absolute Gasteiger partial charge is 0.326 e. The summed E-state index contributed by atoms with van der Waals surface area (Å²) in [5.74, 6) is 1.19. The number of nitrogens with zero attached hydrogens (tertiary/aromatic N) is 2. The summed E-state index contributed by atoms with van der Waals surface area (Å²) in [6.07, 6.45) is 3.42. The number of fused-ring (bicyclic) bond motifs is 1. The van der Waals surface area contributed by atoms with Crippen molar-refractivity contribution in [2.45, 2.75) is 59.0 Å². The lowest BCUT2D eigenvalue weighted by molar-refractivity contribution is 0.392. The van der Waals surface area contributed by atoms with E-state index in [1.165, 1.54) is 24.2 Å². The van der Waals surface area contributed by atoms with E-state index in [4.69, 9.17) is 10.7 Å². The normalized spacial score (nSPS) is 12.3. The molecule has 0 spiro atoms. The number of aromatic nitrogens is 2. The molecule has 1 aromatic heterocycles. The smallest absolute Gasteiger partial charge is 0.110 e. The van der Waals surface area contributed by atoms with E-state index in [9.17, 15) is 0 Å². The summed E-state index contributed by atoms with van der Waals surface area (Å²) < 4.78 is 2.37. The van der Waals surface area contributed by atoms with Crippen molar-refractivity contribution in [3.8, 4) is 0 Å². The highest BCUT2D eigenvalue weighted by atomic mass is 15.1. The van der Waals surface area contributed by atoms with Gasteiger partial charge in [0.15, 0.2) is 0 Å². The first-order valence-corrected chi connectivity index (χ1v) is 7.18. The van der Waals surface area contributed by atoms with E-state index < -0.39 is 0 Å². The fourth-order valence-corrected chi connectivity index (χ4v) is 2.55. The fourth-order valence-electron chi connectivity index (χ4n) is 2.55. The number of hydrogen-bond acceptors (Lipinski definition) is 2. The Morgan fingerprint density at radius 2 is 2.00 bits per heavy atom. The number of imidazole rings is 1. The summed E-state index contributed by atoms with van der Waals surface area (Å²) >= 11 is 0. The zero-order valence-corrected chi connectivity index (χ0v) is 12.5. The van der Waals surface area contributed by atoms with Crippen LogP contribution < -0.4 is 5.73 Å². The van der Waals surface area contributed by atoms with Crippen LogP contribution in [0.2, 0.25) is 0 Å². The van der Waals surface area contributed by atoms with Crippen LogP contribution >= 0.6 is 0 Å². The van der Waals surface area contributed by atoms with Gasteiger partial charge in [0.1, 0.15) is 5.82 Å². The van der Waals surface area contributed by atoms with Gasteiger partial charge >= 0.3 is 0 Å².